The number of hydrogen-bond acceptors (Lipinski definition) is 4. The molecule has 2 heterocycles. The van der Waals surface area contributed by atoms with Crippen molar-refractivity contribution in [2.24, 2.45) is 5.92 Å². The highest BCUT2D eigenvalue weighted by Gasteiger charge is 2.11. The van der Waals surface area contributed by atoms with Gasteiger partial charge in [-0.3, -0.25) is 14.5 Å². The molecule has 0 saturated carbocycles. The molecular formula is C14H19N5O. The van der Waals surface area contributed by atoms with Crippen LogP contribution in [0.3, 0.4) is 0 Å². The van der Waals surface area contributed by atoms with Crippen LogP contribution in [-0.4, -0.2) is 32.2 Å². The Balaban J connectivity index is 1.85. The van der Waals surface area contributed by atoms with Gasteiger partial charge >= 0.3 is 0 Å². The average molecular weight is 273 g/mol. The van der Waals surface area contributed by atoms with Crippen molar-refractivity contribution < 1.29 is 4.79 Å². The van der Waals surface area contributed by atoms with Crippen LogP contribution in [0.5, 0.6) is 0 Å². The summed E-state index contributed by atoms with van der Waals surface area (Å²) in [5.41, 5.74) is 2.48. The number of amides is 1. The molecule has 2 aromatic rings. The van der Waals surface area contributed by atoms with Crippen LogP contribution < -0.4 is 5.32 Å². The molecule has 0 aromatic carbocycles. The van der Waals surface area contributed by atoms with Crippen LogP contribution in [0.4, 0.5) is 0 Å². The Morgan fingerprint density at radius 1 is 1.40 bits per heavy atom. The monoisotopic (exact) mass is 273 g/mol. The number of carbonyl (C=O) groups is 1. The summed E-state index contributed by atoms with van der Waals surface area (Å²) >= 11 is 0. The largest absolute Gasteiger partial charge is 0.350 e. The Morgan fingerprint density at radius 3 is 2.80 bits per heavy atom. The summed E-state index contributed by atoms with van der Waals surface area (Å²) in [5.74, 6) is 0.0898. The fraction of sp³-hybridized carbons (Fsp3) is 0.429. The molecule has 0 radical (unpaired) electrons. The minimum absolute atomic E-state index is 0.196. The Labute approximate surface area is 118 Å². The van der Waals surface area contributed by atoms with Crippen molar-refractivity contribution in [2.45, 2.75) is 27.3 Å². The van der Waals surface area contributed by atoms with E-state index >= 15 is 0 Å². The predicted octanol–water partition coefficient (Wildman–Crippen LogP) is 1.36. The average Bonchev–Trinajstić information content (AvgIpc) is 2.75. The molecule has 106 valence electrons. The van der Waals surface area contributed by atoms with Gasteiger partial charge in [0.2, 0.25) is 0 Å². The lowest BCUT2D eigenvalue weighted by Gasteiger charge is -2.13. The van der Waals surface area contributed by atoms with Crippen molar-refractivity contribution in [3.8, 4) is 0 Å². The van der Waals surface area contributed by atoms with Crippen LogP contribution in [0.2, 0.25) is 0 Å². The van der Waals surface area contributed by atoms with Crippen molar-refractivity contribution >= 4 is 5.91 Å². The van der Waals surface area contributed by atoms with E-state index in [4.69, 9.17) is 0 Å². The van der Waals surface area contributed by atoms with E-state index in [-0.39, 0.29) is 11.8 Å². The molecule has 20 heavy (non-hydrogen) atoms. The van der Waals surface area contributed by atoms with Crippen LogP contribution in [0.15, 0.2) is 24.7 Å². The van der Waals surface area contributed by atoms with Gasteiger partial charge in [0.1, 0.15) is 5.69 Å². The molecule has 0 bridgehead atoms. The fourth-order valence-electron chi connectivity index (χ4n) is 1.99. The van der Waals surface area contributed by atoms with Crippen LogP contribution in [0.25, 0.3) is 0 Å². The molecule has 0 saturated heterocycles. The van der Waals surface area contributed by atoms with E-state index in [9.17, 15) is 4.79 Å². The lowest BCUT2D eigenvalue weighted by molar-refractivity contribution is 0.0941. The first-order chi connectivity index (χ1) is 9.56. The van der Waals surface area contributed by atoms with Crippen molar-refractivity contribution in [3.63, 3.8) is 0 Å². The smallest absolute Gasteiger partial charge is 0.271 e. The standard InChI is InChI=1S/C14H19N5O/c1-10(9-19-12(3)6-11(2)18-19)7-17-14(20)13-8-15-4-5-16-13/h4-6,8,10H,7,9H2,1-3H3,(H,17,20). The van der Waals surface area contributed by atoms with Crippen molar-refractivity contribution in [1.82, 2.24) is 25.1 Å². The maximum Gasteiger partial charge on any atom is 0.271 e. The quantitative estimate of drug-likeness (QED) is 0.892. The number of nitrogens with one attached hydrogen (secondary N) is 1. The van der Waals surface area contributed by atoms with E-state index in [1.807, 2.05) is 24.6 Å². The summed E-state index contributed by atoms with van der Waals surface area (Å²) in [4.78, 5) is 19.7. The molecule has 6 nitrogen and oxygen atoms in total. The number of nitrogens with zero attached hydrogens (tertiary/aromatic N) is 4. The minimum Gasteiger partial charge on any atom is -0.350 e. The lowest BCUT2D eigenvalue weighted by Crippen LogP contribution is -2.30. The second-order valence-electron chi connectivity index (χ2n) is 5.02. The topological polar surface area (TPSA) is 72.7 Å². The SMILES string of the molecule is Cc1cc(C)n(CC(C)CNC(=O)c2cnccn2)n1. The maximum atomic E-state index is 11.8. The number of hydrogen-bond donors (Lipinski definition) is 1. The van der Waals surface area contributed by atoms with Crippen LogP contribution in [0.1, 0.15) is 28.8 Å². The molecule has 1 amide bonds. The van der Waals surface area contributed by atoms with E-state index in [0.717, 1.165) is 17.9 Å². The van der Waals surface area contributed by atoms with Gasteiger partial charge in [0.05, 0.1) is 11.9 Å². The number of carbonyl (C=O) groups excluding carboxylic acids is 1. The van der Waals surface area contributed by atoms with E-state index in [2.05, 4.69) is 27.3 Å². The highest BCUT2D eigenvalue weighted by Crippen LogP contribution is 2.06. The van der Waals surface area contributed by atoms with Gasteiger partial charge in [-0.1, -0.05) is 6.92 Å². The maximum absolute atomic E-state index is 11.8. The van der Waals surface area contributed by atoms with Gasteiger partial charge in [-0.25, -0.2) is 4.98 Å². The molecule has 1 atom stereocenters. The van der Waals surface area contributed by atoms with E-state index < -0.39 is 0 Å². The Hall–Kier alpha value is -2.24. The summed E-state index contributed by atoms with van der Waals surface area (Å²) in [6.45, 7) is 7.44. The van der Waals surface area contributed by atoms with Gasteiger partial charge < -0.3 is 5.32 Å². The zero-order valence-electron chi connectivity index (χ0n) is 12.0. The third-order valence-corrected chi connectivity index (χ3v) is 2.99. The second-order valence-corrected chi connectivity index (χ2v) is 5.02. The molecular weight excluding hydrogens is 254 g/mol. The van der Waals surface area contributed by atoms with Gasteiger partial charge in [0.15, 0.2) is 0 Å². The van der Waals surface area contributed by atoms with Crippen molar-refractivity contribution in [2.75, 3.05) is 6.54 Å². The number of rotatable bonds is 5. The molecule has 1 unspecified atom stereocenters. The highest BCUT2D eigenvalue weighted by atomic mass is 16.1. The lowest BCUT2D eigenvalue weighted by atomic mass is 10.2. The van der Waals surface area contributed by atoms with Gasteiger partial charge in [-0.05, 0) is 25.8 Å². The third kappa shape index (κ3) is 3.63. The molecule has 0 fully saturated rings. The Kier molecular flexibility index (Phi) is 4.45. The van der Waals surface area contributed by atoms with E-state index in [1.165, 1.54) is 12.4 Å². The fourth-order valence-corrected chi connectivity index (χ4v) is 1.99. The van der Waals surface area contributed by atoms with E-state index in [0.29, 0.717) is 12.2 Å². The van der Waals surface area contributed by atoms with Crippen molar-refractivity contribution in [1.29, 1.82) is 0 Å². The minimum atomic E-state index is -0.196. The third-order valence-electron chi connectivity index (χ3n) is 2.99. The molecule has 0 aliphatic rings. The molecule has 0 aliphatic heterocycles. The first kappa shape index (κ1) is 14.2. The molecule has 2 aromatic heterocycles. The molecule has 1 N–H and O–H groups in total. The van der Waals surface area contributed by atoms with E-state index in [1.54, 1.807) is 6.20 Å². The predicted molar refractivity (Wildman–Crippen MR) is 75.2 cm³/mol. The van der Waals surface area contributed by atoms with Gasteiger partial charge in [-0.15, -0.1) is 0 Å². The number of aromatic nitrogens is 4. The first-order valence-corrected chi connectivity index (χ1v) is 6.61. The summed E-state index contributed by atoms with van der Waals surface area (Å²) in [6.07, 6.45) is 4.51. The summed E-state index contributed by atoms with van der Waals surface area (Å²) < 4.78 is 1.97. The zero-order chi connectivity index (χ0) is 14.5. The highest BCUT2D eigenvalue weighted by molar-refractivity contribution is 5.91. The summed E-state index contributed by atoms with van der Waals surface area (Å²) in [6, 6.07) is 2.05. The van der Waals surface area contributed by atoms with Crippen LogP contribution in [0, 0.1) is 19.8 Å². The molecule has 0 aliphatic carbocycles. The zero-order valence-corrected chi connectivity index (χ0v) is 12.0. The molecule has 6 heteroatoms. The van der Waals surface area contributed by atoms with Gasteiger partial charge in [0, 0.05) is 31.2 Å². The normalized spacial score (nSPS) is 12.2. The Morgan fingerprint density at radius 2 is 2.20 bits per heavy atom. The van der Waals surface area contributed by atoms with Crippen molar-refractivity contribution in [3.05, 3.63) is 41.7 Å². The van der Waals surface area contributed by atoms with Gasteiger partial charge in [-0.2, -0.15) is 5.10 Å². The summed E-state index contributed by atoms with van der Waals surface area (Å²) in [5, 5.41) is 7.28. The number of aryl methyl sites for hydroxylation is 2. The van der Waals surface area contributed by atoms with Gasteiger partial charge in [0.25, 0.3) is 5.91 Å². The first-order valence-electron chi connectivity index (χ1n) is 6.61. The molecule has 2 rings (SSSR count). The van der Waals surface area contributed by atoms with Crippen LogP contribution >= 0.6 is 0 Å². The van der Waals surface area contributed by atoms with Crippen LogP contribution in [-0.2, 0) is 6.54 Å². The second kappa shape index (κ2) is 6.27. The Bertz CT molecular complexity index is 579. The molecule has 0 spiro atoms. The summed E-state index contributed by atoms with van der Waals surface area (Å²) in [7, 11) is 0.